The SMILES string of the molecule is CC(C)C[C@@](C)(COc1ccc(-c2ccnc3c2C(=O)NC3)cc1C(F)(F)F)NC(=O)OC(C)(C)C. The van der Waals surface area contributed by atoms with Crippen molar-refractivity contribution in [1.82, 2.24) is 15.6 Å². The Hall–Kier alpha value is -3.30. The van der Waals surface area contributed by atoms with Crippen LogP contribution in [-0.4, -0.2) is 34.7 Å². The molecule has 0 spiro atoms. The van der Waals surface area contributed by atoms with Gasteiger partial charge in [0.1, 0.15) is 18.0 Å². The van der Waals surface area contributed by atoms with E-state index >= 15 is 0 Å². The van der Waals surface area contributed by atoms with Crippen LogP contribution in [-0.2, 0) is 17.5 Å². The number of amides is 2. The molecule has 1 aromatic carbocycles. The van der Waals surface area contributed by atoms with Gasteiger partial charge in [-0.15, -0.1) is 0 Å². The Morgan fingerprint density at radius 1 is 1.17 bits per heavy atom. The number of pyridine rings is 1. The highest BCUT2D eigenvalue weighted by Crippen LogP contribution is 2.40. The molecule has 10 heteroatoms. The predicted octanol–water partition coefficient (Wildman–Crippen LogP) is 5.72. The molecule has 196 valence electrons. The van der Waals surface area contributed by atoms with Crippen LogP contribution in [0.1, 0.15) is 69.6 Å². The highest BCUT2D eigenvalue weighted by Gasteiger charge is 2.37. The maximum atomic E-state index is 14.1. The van der Waals surface area contributed by atoms with Crippen LogP contribution in [0.5, 0.6) is 5.75 Å². The summed E-state index contributed by atoms with van der Waals surface area (Å²) in [4.78, 5) is 28.8. The van der Waals surface area contributed by atoms with E-state index in [1.54, 1.807) is 27.7 Å². The van der Waals surface area contributed by atoms with Crippen LogP contribution >= 0.6 is 0 Å². The van der Waals surface area contributed by atoms with Crippen LogP contribution in [0.2, 0.25) is 0 Å². The highest BCUT2D eigenvalue weighted by atomic mass is 19.4. The van der Waals surface area contributed by atoms with Crippen LogP contribution < -0.4 is 15.4 Å². The molecular weight excluding hydrogens is 475 g/mol. The second kappa shape index (κ2) is 9.99. The maximum Gasteiger partial charge on any atom is 0.419 e. The van der Waals surface area contributed by atoms with E-state index in [1.165, 1.54) is 24.4 Å². The second-order valence-corrected chi connectivity index (χ2v) is 10.6. The maximum absolute atomic E-state index is 14.1. The Bertz CT molecular complexity index is 1140. The quantitative estimate of drug-likeness (QED) is 0.500. The first-order valence-electron chi connectivity index (χ1n) is 11.7. The summed E-state index contributed by atoms with van der Waals surface area (Å²) in [5, 5.41) is 5.40. The van der Waals surface area contributed by atoms with Gasteiger partial charge in [-0.25, -0.2) is 4.79 Å². The second-order valence-electron chi connectivity index (χ2n) is 10.6. The number of alkyl carbamates (subject to hydrolysis) is 1. The largest absolute Gasteiger partial charge is 0.491 e. The number of hydrogen-bond donors (Lipinski definition) is 2. The zero-order valence-corrected chi connectivity index (χ0v) is 21.3. The van der Waals surface area contributed by atoms with Gasteiger partial charge >= 0.3 is 12.3 Å². The molecule has 1 aromatic heterocycles. The van der Waals surface area contributed by atoms with Gasteiger partial charge in [0.15, 0.2) is 0 Å². The fourth-order valence-electron chi connectivity index (χ4n) is 4.26. The lowest BCUT2D eigenvalue weighted by molar-refractivity contribution is -0.139. The number of carbonyl (C=O) groups excluding carboxylic acids is 2. The average molecular weight is 508 g/mol. The van der Waals surface area contributed by atoms with Crippen molar-refractivity contribution in [3.05, 3.63) is 47.3 Å². The van der Waals surface area contributed by atoms with Crippen molar-refractivity contribution in [2.24, 2.45) is 5.92 Å². The molecule has 2 N–H and O–H groups in total. The molecule has 2 heterocycles. The van der Waals surface area contributed by atoms with E-state index in [4.69, 9.17) is 9.47 Å². The lowest BCUT2D eigenvalue weighted by atomic mass is 9.91. The van der Waals surface area contributed by atoms with Gasteiger partial charge in [0.25, 0.3) is 5.91 Å². The molecule has 0 saturated heterocycles. The molecule has 1 aliphatic rings. The molecule has 3 rings (SSSR count). The van der Waals surface area contributed by atoms with E-state index in [2.05, 4.69) is 15.6 Å². The van der Waals surface area contributed by atoms with Crippen LogP contribution in [0, 0.1) is 5.92 Å². The zero-order chi connectivity index (χ0) is 26.9. The summed E-state index contributed by atoms with van der Waals surface area (Å²) >= 11 is 0. The van der Waals surface area contributed by atoms with Crippen molar-refractivity contribution in [3.63, 3.8) is 0 Å². The van der Waals surface area contributed by atoms with E-state index in [1.807, 2.05) is 13.8 Å². The first-order valence-corrected chi connectivity index (χ1v) is 11.7. The molecule has 0 aliphatic carbocycles. The first kappa shape index (κ1) is 27.3. The monoisotopic (exact) mass is 507 g/mol. The topological polar surface area (TPSA) is 89.5 Å². The predicted molar refractivity (Wildman–Crippen MR) is 129 cm³/mol. The van der Waals surface area contributed by atoms with E-state index in [-0.39, 0.29) is 41.9 Å². The number of rotatable bonds is 7. The zero-order valence-electron chi connectivity index (χ0n) is 21.3. The van der Waals surface area contributed by atoms with Crippen molar-refractivity contribution >= 4 is 12.0 Å². The summed E-state index contributed by atoms with van der Waals surface area (Å²) in [5.74, 6) is -0.625. The Morgan fingerprint density at radius 3 is 2.47 bits per heavy atom. The first-order chi connectivity index (χ1) is 16.6. The Morgan fingerprint density at radius 2 is 1.86 bits per heavy atom. The molecule has 36 heavy (non-hydrogen) atoms. The molecule has 0 bridgehead atoms. The van der Waals surface area contributed by atoms with Crippen molar-refractivity contribution in [2.45, 2.75) is 71.8 Å². The number of nitrogens with one attached hydrogen (secondary N) is 2. The van der Waals surface area contributed by atoms with Crippen molar-refractivity contribution in [3.8, 4) is 16.9 Å². The Kier molecular flexibility index (Phi) is 7.57. The molecule has 2 aromatic rings. The molecule has 7 nitrogen and oxygen atoms in total. The summed E-state index contributed by atoms with van der Waals surface area (Å²) in [6.07, 6.45) is -3.47. The van der Waals surface area contributed by atoms with Gasteiger partial charge in [-0.2, -0.15) is 13.2 Å². The van der Waals surface area contributed by atoms with E-state index < -0.39 is 29.0 Å². The Labute approximate surface area is 208 Å². The number of ether oxygens (including phenoxy) is 2. The lowest BCUT2D eigenvalue weighted by Gasteiger charge is -2.33. The molecule has 0 radical (unpaired) electrons. The number of carbonyl (C=O) groups is 2. The summed E-state index contributed by atoms with van der Waals surface area (Å²) in [6, 6.07) is 5.20. The third kappa shape index (κ3) is 6.67. The number of hydrogen-bond acceptors (Lipinski definition) is 5. The number of aromatic nitrogens is 1. The molecule has 0 unspecified atom stereocenters. The molecule has 0 fully saturated rings. The van der Waals surface area contributed by atoms with Gasteiger partial charge in [-0.05, 0) is 69.4 Å². The molecule has 0 saturated carbocycles. The fraction of sp³-hybridized carbons (Fsp3) is 0.500. The molecule has 1 aliphatic heterocycles. The summed E-state index contributed by atoms with van der Waals surface area (Å²) in [6.45, 7) is 10.8. The number of benzene rings is 1. The van der Waals surface area contributed by atoms with Crippen LogP contribution in [0.3, 0.4) is 0 Å². The van der Waals surface area contributed by atoms with Gasteiger partial charge in [0.05, 0.1) is 28.9 Å². The normalized spacial score (nSPS) is 15.2. The van der Waals surface area contributed by atoms with Gasteiger partial charge in [-0.3, -0.25) is 9.78 Å². The van der Waals surface area contributed by atoms with Crippen LogP contribution in [0.15, 0.2) is 30.5 Å². The van der Waals surface area contributed by atoms with E-state index in [9.17, 15) is 22.8 Å². The van der Waals surface area contributed by atoms with E-state index in [0.29, 0.717) is 17.7 Å². The van der Waals surface area contributed by atoms with Crippen molar-refractivity contribution in [1.29, 1.82) is 0 Å². The van der Waals surface area contributed by atoms with Crippen LogP contribution in [0.25, 0.3) is 11.1 Å². The summed E-state index contributed by atoms with van der Waals surface area (Å²) < 4.78 is 53.2. The minimum Gasteiger partial charge on any atom is -0.491 e. The number of nitrogens with zero attached hydrogens (tertiary/aromatic N) is 1. The van der Waals surface area contributed by atoms with Gasteiger partial charge < -0.3 is 20.1 Å². The highest BCUT2D eigenvalue weighted by molar-refractivity contribution is 6.04. The minimum atomic E-state index is -4.71. The third-order valence-corrected chi connectivity index (χ3v) is 5.48. The van der Waals surface area contributed by atoms with Crippen molar-refractivity contribution in [2.75, 3.05) is 6.61 Å². The summed E-state index contributed by atoms with van der Waals surface area (Å²) in [5.41, 5.74) is -1.34. The molecular formula is C26H32F3N3O4. The van der Waals surface area contributed by atoms with Crippen molar-refractivity contribution < 1.29 is 32.2 Å². The summed E-state index contributed by atoms with van der Waals surface area (Å²) in [7, 11) is 0. The Balaban J connectivity index is 1.91. The third-order valence-electron chi connectivity index (χ3n) is 5.48. The van der Waals surface area contributed by atoms with Crippen LogP contribution in [0.4, 0.5) is 18.0 Å². The molecule has 2 amide bonds. The van der Waals surface area contributed by atoms with Gasteiger partial charge in [0.2, 0.25) is 0 Å². The van der Waals surface area contributed by atoms with Gasteiger partial charge in [0, 0.05) is 6.20 Å². The average Bonchev–Trinajstić information content (AvgIpc) is 3.10. The number of alkyl halides is 3. The lowest BCUT2D eigenvalue weighted by Crippen LogP contribution is -2.52. The number of fused-ring (bicyclic) bond motifs is 1. The number of halogens is 3. The molecule has 1 atom stereocenters. The van der Waals surface area contributed by atoms with E-state index in [0.717, 1.165) is 6.07 Å². The minimum absolute atomic E-state index is 0.123. The smallest absolute Gasteiger partial charge is 0.419 e. The standard InChI is InChI=1S/C26H32F3N3O4/c1-15(2)12-25(6,32-23(34)36-24(3,4)5)14-35-20-8-7-16(11-18(20)26(27,28)29)17-9-10-30-19-13-31-22(33)21(17)19/h7-11,15H,12-14H2,1-6H3,(H,31,33)(H,32,34)/t25-/m0/s1. The fourth-order valence-corrected chi connectivity index (χ4v) is 4.26. The van der Waals surface area contributed by atoms with Gasteiger partial charge in [-0.1, -0.05) is 19.9 Å².